The molecule has 0 bridgehead atoms. The Kier molecular flexibility index (Phi) is 4.00. The summed E-state index contributed by atoms with van der Waals surface area (Å²) in [6.45, 7) is 6.51. The lowest BCUT2D eigenvalue weighted by molar-refractivity contribution is -0.135. The van der Waals surface area contributed by atoms with Crippen molar-refractivity contribution in [2.24, 2.45) is 11.8 Å². The molecule has 3 amide bonds. The molecule has 1 spiro atoms. The molecule has 0 aromatic heterocycles. The van der Waals surface area contributed by atoms with E-state index in [9.17, 15) is 14.4 Å². The van der Waals surface area contributed by atoms with Crippen molar-refractivity contribution in [3.05, 3.63) is 57.6 Å². The van der Waals surface area contributed by atoms with Gasteiger partial charge in [-0.2, -0.15) is 0 Å². The highest BCUT2D eigenvalue weighted by molar-refractivity contribution is 6.35. The van der Waals surface area contributed by atoms with Crippen molar-refractivity contribution in [3.8, 4) is 0 Å². The molecule has 0 aliphatic carbocycles. The largest absolute Gasteiger partial charge is 0.323 e. The van der Waals surface area contributed by atoms with Crippen LogP contribution >= 0.6 is 11.6 Å². The summed E-state index contributed by atoms with van der Waals surface area (Å²) in [5.74, 6) is -2.03. The summed E-state index contributed by atoms with van der Waals surface area (Å²) < 4.78 is 0. The van der Waals surface area contributed by atoms with Gasteiger partial charge in [-0.15, -0.1) is 0 Å². The molecule has 7 heteroatoms. The summed E-state index contributed by atoms with van der Waals surface area (Å²) in [5, 5.41) is 3.43. The van der Waals surface area contributed by atoms with Gasteiger partial charge < -0.3 is 5.32 Å². The van der Waals surface area contributed by atoms with Gasteiger partial charge in [-0.1, -0.05) is 29.8 Å². The van der Waals surface area contributed by atoms with Crippen molar-refractivity contribution in [1.29, 1.82) is 0 Å². The molecule has 3 saturated heterocycles. The number of anilines is 2. The molecule has 164 valence electrons. The zero-order valence-electron chi connectivity index (χ0n) is 18.2. The summed E-state index contributed by atoms with van der Waals surface area (Å²) in [5.41, 5.74) is 3.57. The topological polar surface area (TPSA) is 69.7 Å². The highest BCUT2D eigenvalue weighted by atomic mass is 35.5. The minimum absolute atomic E-state index is 0.137. The van der Waals surface area contributed by atoms with Gasteiger partial charge >= 0.3 is 0 Å². The van der Waals surface area contributed by atoms with Crippen LogP contribution in [0.5, 0.6) is 0 Å². The molecule has 0 saturated carbocycles. The van der Waals surface area contributed by atoms with Crippen molar-refractivity contribution in [3.63, 3.8) is 0 Å². The average Bonchev–Trinajstić information content (AvgIpc) is 3.44. The van der Waals surface area contributed by atoms with Crippen LogP contribution in [0, 0.1) is 32.6 Å². The van der Waals surface area contributed by atoms with Gasteiger partial charge in [0.05, 0.1) is 28.2 Å². The maximum Gasteiger partial charge on any atom is 0.250 e. The van der Waals surface area contributed by atoms with Crippen molar-refractivity contribution in [1.82, 2.24) is 4.90 Å². The predicted octanol–water partition coefficient (Wildman–Crippen LogP) is 3.70. The first kappa shape index (κ1) is 19.9. The number of carbonyl (C=O) groups excluding carboxylic acids is 3. The van der Waals surface area contributed by atoms with Crippen molar-refractivity contribution in [2.75, 3.05) is 16.8 Å². The predicted molar refractivity (Wildman–Crippen MR) is 122 cm³/mol. The summed E-state index contributed by atoms with van der Waals surface area (Å²) in [4.78, 5) is 45.1. The molecule has 6 rings (SSSR count). The van der Waals surface area contributed by atoms with Gasteiger partial charge in [0, 0.05) is 11.6 Å². The molecular formula is C25H24ClN3O3. The van der Waals surface area contributed by atoms with Crippen LogP contribution in [-0.4, -0.2) is 35.2 Å². The summed E-state index contributed by atoms with van der Waals surface area (Å²) >= 11 is 6.52. The Morgan fingerprint density at radius 2 is 1.88 bits per heavy atom. The number of hydrogen-bond donors (Lipinski definition) is 1. The second kappa shape index (κ2) is 6.42. The quantitative estimate of drug-likeness (QED) is 0.674. The van der Waals surface area contributed by atoms with Gasteiger partial charge in [-0.3, -0.25) is 19.3 Å². The molecule has 32 heavy (non-hydrogen) atoms. The normalized spacial score (nSPS) is 30.8. The monoisotopic (exact) mass is 449 g/mol. The number of aryl methyl sites for hydroxylation is 2. The van der Waals surface area contributed by atoms with E-state index < -0.39 is 17.4 Å². The van der Waals surface area contributed by atoms with E-state index >= 15 is 0 Å². The van der Waals surface area contributed by atoms with Gasteiger partial charge in [0.25, 0.3) is 5.91 Å². The average molecular weight is 450 g/mol. The van der Waals surface area contributed by atoms with Crippen LogP contribution in [0.1, 0.15) is 35.1 Å². The van der Waals surface area contributed by atoms with Crippen LogP contribution in [0.4, 0.5) is 11.4 Å². The van der Waals surface area contributed by atoms with Crippen molar-refractivity contribution in [2.45, 2.75) is 45.2 Å². The molecule has 6 nitrogen and oxygen atoms in total. The van der Waals surface area contributed by atoms with Crippen molar-refractivity contribution >= 4 is 40.7 Å². The van der Waals surface area contributed by atoms with E-state index in [1.54, 1.807) is 0 Å². The van der Waals surface area contributed by atoms with Crippen LogP contribution in [0.25, 0.3) is 0 Å². The number of hydrogen-bond acceptors (Lipinski definition) is 4. The van der Waals surface area contributed by atoms with Gasteiger partial charge in [-0.05, 0) is 69.0 Å². The molecule has 3 fully saturated rings. The number of imide groups is 1. The van der Waals surface area contributed by atoms with E-state index in [-0.39, 0.29) is 23.8 Å². The SMILES string of the molecule is Cc1cc(Cl)c2c(c1)[C@]1(C(=O)N2)[C@@H]2C(=O)N(c3cccc(C)c3C)C(=O)[C@H]2[C@@H]2CCCN21. The molecule has 1 N–H and O–H groups in total. The Morgan fingerprint density at radius 1 is 1.09 bits per heavy atom. The van der Waals surface area contributed by atoms with Crippen LogP contribution in [0.2, 0.25) is 5.02 Å². The number of nitrogens with zero attached hydrogens (tertiary/aromatic N) is 2. The number of benzene rings is 2. The number of nitrogens with one attached hydrogen (secondary N) is 1. The van der Waals surface area contributed by atoms with Gasteiger partial charge in [-0.25, -0.2) is 4.90 Å². The van der Waals surface area contributed by atoms with E-state index in [1.807, 2.05) is 51.1 Å². The van der Waals surface area contributed by atoms with Gasteiger partial charge in [0.2, 0.25) is 11.8 Å². The molecule has 0 unspecified atom stereocenters. The Bertz CT molecular complexity index is 1240. The number of carbonyl (C=O) groups is 3. The maximum atomic E-state index is 14.0. The minimum Gasteiger partial charge on any atom is -0.323 e. The zero-order valence-corrected chi connectivity index (χ0v) is 19.0. The molecule has 0 radical (unpaired) electrons. The summed E-state index contributed by atoms with van der Waals surface area (Å²) in [6, 6.07) is 9.29. The minimum atomic E-state index is -1.20. The molecule has 4 aliphatic heterocycles. The Morgan fingerprint density at radius 3 is 2.66 bits per heavy atom. The molecule has 2 aromatic carbocycles. The molecule has 2 aromatic rings. The van der Waals surface area contributed by atoms with E-state index in [0.717, 1.165) is 35.1 Å². The molecular weight excluding hydrogens is 426 g/mol. The Labute approximate surface area is 191 Å². The Hall–Kier alpha value is -2.70. The fraction of sp³-hybridized carbons (Fsp3) is 0.400. The maximum absolute atomic E-state index is 14.0. The van der Waals surface area contributed by atoms with E-state index in [1.165, 1.54) is 4.90 Å². The van der Waals surface area contributed by atoms with E-state index in [0.29, 0.717) is 22.9 Å². The first-order chi connectivity index (χ1) is 15.3. The number of halogens is 1. The lowest BCUT2D eigenvalue weighted by Gasteiger charge is -2.37. The third kappa shape index (κ3) is 2.17. The second-order valence-electron chi connectivity index (χ2n) is 9.53. The first-order valence-corrected chi connectivity index (χ1v) is 11.5. The lowest BCUT2D eigenvalue weighted by Crippen LogP contribution is -2.54. The third-order valence-corrected chi connectivity index (χ3v) is 8.31. The van der Waals surface area contributed by atoms with Crippen molar-refractivity contribution < 1.29 is 14.4 Å². The highest BCUT2D eigenvalue weighted by Crippen LogP contribution is 2.61. The first-order valence-electron chi connectivity index (χ1n) is 11.1. The molecule has 4 atom stereocenters. The van der Waals surface area contributed by atoms with Crippen LogP contribution < -0.4 is 10.2 Å². The number of amides is 3. The molecule has 4 heterocycles. The van der Waals surface area contributed by atoms with Crippen LogP contribution in [0.15, 0.2) is 30.3 Å². The third-order valence-electron chi connectivity index (χ3n) is 8.01. The van der Waals surface area contributed by atoms with E-state index in [4.69, 9.17) is 11.6 Å². The summed E-state index contributed by atoms with van der Waals surface area (Å²) in [7, 11) is 0. The lowest BCUT2D eigenvalue weighted by atomic mass is 9.75. The number of fused-ring (bicyclic) bond motifs is 7. The van der Waals surface area contributed by atoms with E-state index in [2.05, 4.69) is 10.2 Å². The van der Waals surface area contributed by atoms with Gasteiger partial charge in [0.1, 0.15) is 5.54 Å². The van der Waals surface area contributed by atoms with Crippen LogP contribution in [-0.2, 0) is 19.9 Å². The standard InChI is InChI=1S/C25H24ClN3O3/c1-12-10-15-21(16(26)11-12)27-24(32)25(15)20-19(18-8-5-9-28(18)25)22(30)29(23(20)31)17-7-4-6-13(2)14(17)3/h4,6-7,10-11,18-20H,5,8-9H2,1-3H3,(H,27,32)/t18-,19-,20-,25+/m0/s1. The second-order valence-corrected chi connectivity index (χ2v) is 9.93. The highest BCUT2D eigenvalue weighted by Gasteiger charge is 2.74. The fourth-order valence-electron chi connectivity index (χ4n) is 6.61. The fourth-order valence-corrected chi connectivity index (χ4v) is 6.93. The van der Waals surface area contributed by atoms with Crippen LogP contribution in [0.3, 0.4) is 0 Å². The Balaban J connectivity index is 1.59. The molecule has 4 aliphatic rings. The zero-order chi connectivity index (χ0) is 22.5. The number of rotatable bonds is 1. The smallest absolute Gasteiger partial charge is 0.250 e. The summed E-state index contributed by atoms with van der Waals surface area (Å²) in [6.07, 6.45) is 1.69. The van der Waals surface area contributed by atoms with Gasteiger partial charge in [0.15, 0.2) is 0 Å².